The fourth-order valence-corrected chi connectivity index (χ4v) is 5.17. The van der Waals surface area contributed by atoms with E-state index in [2.05, 4.69) is 25.1 Å². The maximum Gasteiger partial charge on any atom is 0.337 e. The molecule has 3 rings (SSSR count). The molecular weight excluding hydrogens is 548 g/mol. The highest BCUT2D eigenvalue weighted by molar-refractivity contribution is 7.88. The molecule has 0 saturated heterocycles. The molecule has 1 aromatic heterocycles. The second-order valence-corrected chi connectivity index (χ2v) is 10.9. The number of amidine groups is 1. The second kappa shape index (κ2) is 14.7. The first-order valence-corrected chi connectivity index (χ1v) is 14.3. The Hall–Kier alpha value is -4.62. The zero-order valence-electron chi connectivity index (χ0n) is 22.4. The van der Waals surface area contributed by atoms with Crippen molar-refractivity contribution in [3.05, 3.63) is 101 Å². The summed E-state index contributed by atoms with van der Waals surface area (Å²) < 4.78 is 33.0. The largest absolute Gasteiger partial charge is 0.465 e. The van der Waals surface area contributed by atoms with E-state index in [4.69, 9.17) is 11.1 Å². The molecule has 0 aliphatic carbocycles. The van der Waals surface area contributed by atoms with Gasteiger partial charge in [-0.2, -0.15) is 0 Å². The fraction of sp³-hybridized carbons (Fsp3) is 0.250. The number of esters is 1. The molecule has 1 atom stereocenters. The van der Waals surface area contributed by atoms with Gasteiger partial charge in [0.15, 0.2) is 0 Å². The van der Waals surface area contributed by atoms with E-state index in [9.17, 15) is 22.8 Å². The molecule has 1 unspecified atom stereocenters. The highest BCUT2D eigenvalue weighted by atomic mass is 32.2. The van der Waals surface area contributed by atoms with Crippen LogP contribution in [0.1, 0.15) is 39.0 Å². The van der Waals surface area contributed by atoms with Crippen molar-refractivity contribution in [2.75, 3.05) is 13.7 Å². The van der Waals surface area contributed by atoms with Crippen LogP contribution in [0.2, 0.25) is 0 Å². The summed E-state index contributed by atoms with van der Waals surface area (Å²) in [5.74, 6) is -2.13. The van der Waals surface area contributed by atoms with E-state index in [1.165, 1.54) is 31.4 Å². The summed E-state index contributed by atoms with van der Waals surface area (Å²) in [5, 5.41) is 12.6. The van der Waals surface area contributed by atoms with Crippen LogP contribution in [0.25, 0.3) is 0 Å². The van der Waals surface area contributed by atoms with Crippen LogP contribution in [-0.4, -0.2) is 56.7 Å². The molecular formula is C28H32N6O6S. The van der Waals surface area contributed by atoms with Crippen molar-refractivity contribution in [3.63, 3.8) is 0 Å². The Balaban J connectivity index is 1.60. The summed E-state index contributed by atoms with van der Waals surface area (Å²) in [4.78, 5) is 41.0. The summed E-state index contributed by atoms with van der Waals surface area (Å²) >= 11 is 0. The van der Waals surface area contributed by atoms with Gasteiger partial charge in [-0.15, -0.1) is 0 Å². The van der Waals surface area contributed by atoms with Crippen LogP contribution in [0.5, 0.6) is 0 Å². The van der Waals surface area contributed by atoms with Gasteiger partial charge >= 0.3 is 5.97 Å². The number of nitrogen functional groups attached to an aromatic ring is 1. The number of benzene rings is 2. The number of carbonyl (C=O) groups excluding carboxylic acids is 3. The van der Waals surface area contributed by atoms with Crippen molar-refractivity contribution in [1.29, 1.82) is 5.41 Å². The lowest BCUT2D eigenvalue weighted by Gasteiger charge is -2.19. The van der Waals surface area contributed by atoms with Crippen LogP contribution in [0.15, 0.2) is 73.1 Å². The summed E-state index contributed by atoms with van der Waals surface area (Å²) in [6, 6.07) is 15.1. The lowest BCUT2D eigenvalue weighted by molar-refractivity contribution is -0.127. The molecule has 0 aliphatic rings. The van der Waals surface area contributed by atoms with Crippen LogP contribution >= 0.6 is 0 Å². The Morgan fingerprint density at radius 1 is 0.902 bits per heavy atom. The van der Waals surface area contributed by atoms with Gasteiger partial charge in [0.05, 0.1) is 25.0 Å². The van der Waals surface area contributed by atoms with Crippen LogP contribution in [0.3, 0.4) is 0 Å². The average Bonchev–Trinajstić information content (AvgIpc) is 2.97. The summed E-state index contributed by atoms with van der Waals surface area (Å²) in [7, 11) is -2.73. The van der Waals surface area contributed by atoms with Gasteiger partial charge in [0, 0.05) is 24.5 Å². The van der Waals surface area contributed by atoms with Crippen LogP contribution in [0.4, 0.5) is 0 Å². The van der Waals surface area contributed by atoms with Crippen molar-refractivity contribution >= 4 is 33.6 Å². The molecule has 0 radical (unpaired) electrons. The van der Waals surface area contributed by atoms with Gasteiger partial charge in [0.1, 0.15) is 11.9 Å². The minimum absolute atomic E-state index is 0.0612. The maximum atomic E-state index is 13.0. The van der Waals surface area contributed by atoms with Gasteiger partial charge < -0.3 is 21.1 Å². The zero-order chi connectivity index (χ0) is 29.8. The normalized spacial score (nSPS) is 11.7. The lowest BCUT2D eigenvalue weighted by Crippen LogP contribution is -2.49. The number of sulfonamides is 1. The van der Waals surface area contributed by atoms with Crippen molar-refractivity contribution in [2.45, 2.75) is 31.2 Å². The molecule has 0 spiro atoms. The highest BCUT2D eigenvalue weighted by Gasteiger charge is 2.25. The predicted molar refractivity (Wildman–Crippen MR) is 152 cm³/mol. The topological polar surface area (TPSA) is 193 Å². The molecule has 6 N–H and O–H groups in total. The molecule has 216 valence electrons. The van der Waals surface area contributed by atoms with E-state index in [0.717, 1.165) is 11.1 Å². The van der Waals surface area contributed by atoms with Crippen LogP contribution in [-0.2, 0) is 43.1 Å². The molecule has 41 heavy (non-hydrogen) atoms. The Morgan fingerprint density at radius 3 is 2.12 bits per heavy atom. The summed E-state index contributed by atoms with van der Waals surface area (Å²) in [5.41, 5.74) is 8.33. The Morgan fingerprint density at radius 2 is 1.51 bits per heavy atom. The Kier molecular flexibility index (Phi) is 11.1. The molecule has 3 aromatic rings. The zero-order valence-corrected chi connectivity index (χ0v) is 23.2. The first-order valence-electron chi connectivity index (χ1n) is 12.6. The van der Waals surface area contributed by atoms with Crippen molar-refractivity contribution in [1.82, 2.24) is 20.3 Å². The van der Waals surface area contributed by atoms with Crippen LogP contribution < -0.4 is 21.1 Å². The van der Waals surface area contributed by atoms with Crippen molar-refractivity contribution in [2.24, 2.45) is 5.73 Å². The molecule has 0 fully saturated rings. The van der Waals surface area contributed by atoms with Crippen molar-refractivity contribution in [3.8, 4) is 0 Å². The third-order valence-corrected chi connectivity index (χ3v) is 7.38. The molecule has 13 heteroatoms. The molecule has 0 saturated carbocycles. The molecule has 1 heterocycles. The number of amides is 2. The maximum absolute atomic E-state index is 13.0. The number of nitrogens with zero attached hydrogens (tertiary/aromatic N) is 1. The molecule has 0 aliphatic heterocycles. The number of nitrogens with one attached hydrogen (secondary N) is 4. The van der Waals surface area contributed by atoms with Gasteiger partial charge in [0.25, 0.3) is 0 Å². The number of carbonyl (C=O) groups is 3. The van der Waals surface area contributed by atoms with E-state index in [0.29, 0.717) is 17.5 Å². The van der Waals surface area contributed by atoms with Gasteiger partial charge in [-0.3, -0.25) is 20.0 Å². The van der Waals surface area contributed by atoms with Crippen LogP contribution in [0, 0.1) is 5.41 Å². The molecule has 0 bridgehead atoms. The summed E-state index contributed by atoms with van der Waals surface area (Å²) in [6.07, 6.45) is 3.73. The fourth-order valence-electron chi connectivity index (χ4n) is 3.79. The standard InChI is InChI=1S/C28H32N6O6S/c1-40-28(37)23-9-4-21(5-10-23)18-41(38,39)34-24(11-6-19-12-14-31-15-13-19)27(36)33-17-25(35)32-16-20-2-7-22(8-3-20)26(29)30/h2-5,7-10,12-15,24,34H,6,11,16-18H2,1H3,(H3,29,30)(H,32,35)(H,33,36). The highest BCUT2D eigenvalue weighted by Crippen LogP contribution is 2.11. The first-order chi connectivity index (χ1) is 19.6. The summed E-state index contributed by atoms with van der Waals surface area (Å²) in [6.45, 7) is -0.160. The number of methoxy groups -OCH3 is 1. The Bertz CT molecular complexity index is 1460. The minimum atomic E-state index is -3.98. The minimum Gasteiger partial charge on any atom is -0.465 e. The smallest absolute Gasteiger partial charge is 0.337 e. The first kappa shape index (κ1) is 30.9. The number of hydrogen-bond acceptors (Lipinski definition) is 8. The number of aromatic nitrogens is 1. The number of nitrogens with two attached hydrogens (primary N) is 1. The van der Waals surface area contributed by atoms with Gasteiger partial charge in [-0.1, -0.05) is 36.4 Å². The second-order valence-electron chi connectivity index (χ2n) is 9.12. The Labute approximate surface area is 238 Å². The van der Waals surface area contributed by atoms with E-state index < -0.39 is 39.6 Å². The monoisotopic (exact) mass is 580 g/mol. The number of aryl methyl sites for hydroxylation is 1. The van der Waals surface area contributed by atoms with E-state index in [1.807, 2.05) is 0 Å². The SMILES string of the molecule is COC(=O)c1ccc(CS(=O)(=O)NC(CCc2ccncc2)C(=O)NCC(=O)NCc2ccc(C(=N)N)cc2)cc1. The van der Waals surface area contributed by atoms with E-state index >= 15 is 0 Å². The molecule has 2 amide bonds. The third kappa shape index (κ3) is 10.1. The van der Waals surface area contributed by atoms with Gasteiger partial charge in [-0.25, -0.2) is 17.9 Å². The van der Waals surface area contributed by atoms with Gasteiger partial charge in [0.2, 0.25) is 21.8 Å². The van der Waals surface area contributed by atoms with E-state index in [-0.39, 0.29) is 30.9 Å². The quantitative estimate of drug-likeness (QED) is 0.106. The number of hydrogen-bond donors (Lipinski definition) is 5. The lowest BCUT2D eigenvalue weighted by atomic mass is 10.1. The van der Waals surface area contributed by atoms with Gasteiger partial charge in [-0.05, 0) is 53.8 Å². The number of ether oxygens (including phenoxy) is 1. The molecule has 2 aromatic carbocycles. The number of pyridine rings is 1. The average molecular weight is 581 g/mol. The number of rotatable bonds is 14. The predicted octanol–water partition coefficient (Wildman–Crippen LogP) is 1.01. The molecule has 12 nitrogen and oxygen atoms in total. The van der Waals surface area contributed by atoms with E-state index in [1.54, 1.807) is 48.8 Å². The van der Waals surface area contributed by atoms with Crippen molar-refractivity contribution < 1.29 is 27.5 Å². The third-order valence-electron chi connectivity index (χ3n) is 6.02.